The Morgan fingerprint density at radius 3 is 1.36 bits per heavy atom. The Bertz CT molecular complexity index is 614. The van der Waals surface area contributed by atoms with Crippen LogP contribution in [0.1, 0.15) is 25.7 Å². The van der Waals surface area contributed by atoms with E-state index in [2.05, 4.69) is 14.1 Å². The van der Waals surface area contributed by atoms with Gasteiger partial charge in [-0.1, -0.05) is 36.4 Å². The molecule has 0 aromatic heterocycles. The van der Waals surface area contributed by atoms with Crippen LogP contribution in [0.3, 0.4) is 0 Å². The van der Waals surface area contributed by atoms with Gasteiger partial charge in [-0.2, -0.15) is 0 Å². The van der Waals surface area contributed by atoms with Gasteiger partial charge in [0.1, 0.15) is 23.7 Å². The highest BCUT2D eigenvalue weighted by molar-refractivity contribution is 5.22. The Kier molecular flexibility index (Phi) is 4.43. The normalized spacial score (nSPS) is 28.6. The number of hydrogen-bond donors (Lipinski definition) is 0. The van der Waals surface area contributed by atoms with E-state index in [1.54, 1.807) is 0 Å². The van der Waals surface area contributed by atoms with Gasteiger partial charge in [0.15, 0.2) is 0 Å². The number of hydrogen-bond acceptors (Lipinski definition) is 2. The maximum atomic E-state index is 6.07. The summed E-state index contributed by atoms with van der Waals surface area (Å²) in [6.45, 7) is 0. The predicted molar refractivity (Wildman–Crippen MR) is 99.9 cm³/mol. The third-order valence-corrected chi connectivity index (χ3v) is 6.11. The third-order valence-electron chi connectivity index (χ3n) is 6.11. The summed E-state index contributed by atoms with van der Waals surface area (Å²) in [5.41, 5.74) is 0. The Balaban J connectivity index is 1.24. The second kappa shape index (κ2) is 6.72. The fraction of sp³-hybridized carbons (Fsp3) is 0.455. The quantitative estimate of drug-likeness (QED) is 0.732. The van der Waals surface area contributed by atoms with E-state index in [9.17, 15) is 0 Å². The first-order valence-electron chi connectivity index (χ1n) is 9.38. The summed E-state index contributed by atoms with van der Waals surface area (Å²) in [5.74, 6) is 1.99. The smallest absolute Gasteiger partial charge is 0.119 e. The molecule has 0 aliphatic heterocycles. The van der Waals surface area contributed by atoms with Gasteiger partial charge in [0, 0.05) is 25.7 Å². The van der Waals surface area contributed by atoms with Crippen molar-refractivity contribution in [2.24, 2.45) is 0 Å². The van der Waals surface area contributed by atoms with Crippen LogP contribution in [0.5, 0.6) is 11.5 Å². The topological polar surface area (TPSA) is 18.5 Å². The van der Waals surface area contributed by atoms with Gasteiger partial charge >= 0.3 is 0 Å². The average Bonchev–Trinajstić information content (AvgIpc) is 2.55. The number of benzene rings is 2. The van der Waals surface area contributed by atoms with Crippen LogP contribution in [0.25, 0.3) is 0 Å². The molecule has 0 bridgehead atoms. The predicted octanol–water partition coefficient (Wildman–Crippen LogP) is 4.28. The van der Waals surface area contributed by atoms with E-state index in [1.807, 2.05) is 60.7 Å². The van der Waals surface area contributed by atoms with Crippen LogP contribution >= 0.6 is 0 Å². The zero-order chi connectivity index (χ0) is 17.3. The van der Waals surface area contributed by atoms with E-state index < -0.39 is 0 Å². The minimum absolute atomic E-state index is 0.376. The summed E-state index contributed by atoms with van der Waals surface area (Å²) >= 11 is 0. The van der Waals surface area contributed by atoms with Crippen molar-refractivity contribution >= 4 is 0 Å². The largest absolute Gasteiger partial charge is 0.490 e. The molecule has 4 rings (SSSR count). The molecule has 0 unspecified atom stereocenters. The first-order valence-corrected chi connectivity index (χ1v) is 9.38. The van der Waals surface area contributed by atoms with E-state index in [0.717, 1.165) is 41.7 Å². The Morgan fingerprint density at radius 2 is 1.00 bits per heavy atom. The minimum Gasteiger partial charge on any atom is -0.490 e. The third kappa shape index (κ3) is 3.52. The molecule has 0 N–H and O–H groups in total. The second-order valence-corrected chi connectivity index (χ2v) is 7.99. The lowest BCUT2D eigenvalue weighted by Gasteiger charge is -2.54. The molecule has 2 aromatic rings. The molecular formula is C22H28NO2+. The van der Waals surface area contributed by atoms with Crippen LogP contribution in [0.2, 0.25) is 0 Å². The summed E-state index contributed by atoms with van der Waals surface area (Å²) in [7, 11) is 4.76. The lowest BCUT2D eigenvalue weighted by Crippen LogP contribution is -2.66. The van der Waals surface area contributed by atoms with Crippen molar-refractivity contribution < 1.29 is 14.0 Å². The van der Waals surface area contributed by atoms with Gasteiger partial charge < -0.3 is 14.0 Å². The number of quaternary nitrogens is 1. The molecule has 0 saturated heterocycles. The van der Waals surface area contributed by atoms with Crippen molar-refractivity contribution in [3.05, 3.63) is 60.7 Å². The molecule has 2 saturated carbocycles. The standard InChI is InChI=1S/C22H28NO2/c1-23(2,17-13-21(14-17)24-19-9-5-3-6-10-19)18-15-22(16-18)25-20-11-7-4-8-12-20/h3-12,17-18,21-22H,13-16H2,1-2H3/q+1. The molecule has 2 fully saturated rings. The zero-order valence-corrected chi connectivity index (χ0v) is 15.2. The van der Waals surface area contributed by atoms with Gasteiger partial charge in [0.25, 0.3) is 0 Å². The lowest BCUT2D eigenvalue weighted by atomic mass is 9.79. The molecule has 3 nitrogen and oxygen atoms in total. The van der Waals surface area contributed by atoms with Crippen molar-refractivity contribution in [2.75, 3.05) is 14.1 Å². The highest BCUT2D eigenvalue weighted by Crippen LogP contribution is 2.40. The van der Waals surface area contributed by atoms with E-state index in [1.165, 1.54) is 0 Å². The Hall–Kier alpha value is -2.00. The molecule has 0 amide bonds. The maximum absolute atomic E-state index is 6.07. The Morgan fingerprint density at radius 1 is 0.640 bits per heavy atom. The van der Waals surface area contributed by atoms with Gasteiger partial charge in [0.2, 0.25) is 0 Å². The van der Waals surface area contributed by atoms with Crippen molar-refractivity contribution in [3.8, 4) is 11.5 Å². The van der Waals surface area contributed by atoms with Crippen LogP contribution in [-0.2, 0) is 0 Å². The van der Waals surface area contributed by atoms with E-state index in [0.29, 0.717) is 24.3 Å². The van der Waals surface area contributed by atoms with Crippen LogP contribution in [0, 0.1) is 0 Å². The molecule has 2 aromatic carbocycles. The Labute approximate surface area is 150 Å². The molecule has 0 heterocycles. The first kappa shape index (κ1) is 16.5. The van der Waals surface area contributed by atoms with Crippen LogP contribution in [0.15, 0.2) is 60.7 Å². The molecular weight excluding hydrogens is 310 g/mol. The zero-order valence-electron chi connectivity index (χ0n) is 15.2. The van der Waals surface area contributed by atoms with Gasteiger partial charge in [-0.05, 0) is 24.3 Å². The summed E-state index contributed by atoms with van der Waals surface area (Å²) in [6.07, 6.45) is 5.37. The molecule has 0 radical (unpaired) electrons. The summed E-state index contributed by atoms with van der Waals surface area (Å²) < 4.78 is 13.2. The van der Waals surface area contributed by atoms with E-state index in [4.69, 9.17) is 9.47 Å². The highest BCUT2D eigenvalue weighted by atomic mass is 16.5. The SMILES string of the molecule is C[N+](C)(C1CC(Oc2ccccc2)C1)C1CC(Oc2ccccc2)C1. The van der Waals surface area contributed by atoms with Crippen LogP contribution in [-0.4, -0.2) is 42.9 Å². The van der Waals surface area contributed by atoms with E-state index in [-0.39, 0.29) is 0 Å². The molecule has 25 heavy (non-hydrogen) atoms. The number of ether oxygens (including phenoxy) is 2. The van der Waals surface area contributed by atoms with Crippen molar-refractivity contribution in [1.29, 1.82) is 0 Å². The van der Waals surface area contributed by atoms with Crippen molar-refractivity contribution in [3.63, 3.8) is 0 Å². The lowest BCUT2D eigenvalue weighted by molar-refractivity contribution is -0.951. The van der Waals surface area contributed by atoms with Crippen LogP contribution < -0.4 is 9.47 Å². The molecule has 2 aliphatic carbocycles. The monoisotopic (exact) mass is 338 g/mol. The van der Waals surface area contributed by atoms with Gasteiger partial charge in [-0.3, -0.25) is 0 Å². The molecule has 132 valence electrons. The number of nitrogens with zero attached hydrogens (tertiary/aromatic N) is 1. The molecule has 2 aliphatic rings. The van der Waals surface area contributed by atoms with Crippen molar-refractivity contribution in [2.45, 2.75) is 50.0 Å². The maximum Gasteiger partial charge on any atom is 0.119 e. The second-order valence-electron chi connectivity index (χ2n) is 7.99. The summed E-state index contributed by atoms with van der Waals surface area (Å²) in [6, 6.07) is 21.8. The van der Waals surface area contributed by atoms with Gasteiger partial charge in [-0.25, -0.2) is 0 Å². The fourth-order valence-corrected chi connectivity index (χ4v) is 4.04. The highest BCUT2D eigenvalue weighted by Gasteiger charge is 2.50. The number of para-hydroxylation sites is 2. The van der Waals surface area contributed by atoms with Crippen molar-refractivity contribution in [1.82, 2.24) is 0 Å². The summed E-state index contributed by atoms with van der Waals surface area (Å²) in [5, 5.41) is 0. The van der Waals surface area contributed by atoms with Crippen LogP contribution in [0.4, 0.5) is 0 Å². The minimum atomic E-state index is 0.376. The number of rotatable bonds is 6. The van der Waals surface area contributed by atoms with E-state index >= 15 is 0 Å². The molecule has 0 atom stereocenters. The average molecular weight is 338 g/mol. The van der Waals surface area contributed by atoms with Gasteiger partial charge in [-0.15, -0.1) is 0 Å². The first-order chi connectivity index (χ1) is 12.1. The van der Waals surface area contributed by atoms with Gasteiger partial charge in [0.05, 0.1) is 26.2 Å². The summed E-state index contributed by atoms with van der Waals surface area (Å²) in [4.78, 5) is 0. The molecule has 3 heteroatoms. The fourth-order valence-electron chi connectivity index (χ4n) is 4.04. The molecule has 0 spiro atoms.